The van der Waals surface area contributed by atoms with Crippen LogP contribution in [-0.2, 0) is 10.0 Å². The number of rotatable bonds is 10. The molecule has 0 atom stereocenters. The number of nitrogens with one attached hydrogen (secondary N) is 1. The van der Waals surface area contributed by atoms with Gasteiger partial charge in [-0.1, -0.05) is 18.2 Å². The fourth-order valence-electron chi connectivity index (χ4n) is 3.43. The summed E-state index contributed by atoms with van der Waals surface area (Å²) in [7, 11) is 0.960. The van der Waals surface area contributed by atoms with E-state index in [-0.39, 0.29) is 11.3 Å². The Morgan fingerprint density at radius 3 is 2.00 bits per heavy atom. The van der Waals surface area contributed by atoms with E-state index in [1.54, 1.807) is 18.2 Å². The van der Waals surface area contributed by atoms with E-state index in [1.165, 1.54) is 33.5 Å². The second-order valence-electron chi connectivity index (χ2n) is 7.47. The maximum absolute atomic E-state index is 14.5. The Balaban J connectivity index is 2.05. The van der Waals surface area contributed by atoms with Gasteiger partial charge in [0.1, 0.15) is 11.4 Å². The first-order valence-electron chi connectivity index (χ1n) is 10.7. The van der Waals surface area contributed by atoms with Gasteiger partial charge in [0.05, 0.1) is 33.3 Å². The number of methoxy groups -OCH3 is 4. The Hall–Kier alpha value is -4.13. The number of halogens is 4. The predicted molar refractivity (Wildman–Crippen MR) is 132 cm³/mol. The van der Waals surface area contributed by atoms with Crippen molar-refractivity contribution in [3.05, 3.63) is 65.5 Å². The normalized spacial score (nSPS) is 11.8. The minimum Gasteiger partial charge on any atom is -0.493 e. The average molecular weight is 558 g/mol. The molecule has 3 aromatic rings. The fourth-order valence-corrected chi connectivity index (χ4v) is 4.56. The van der Waals surface area contributed by atoms with Crippen molar-refractivity contribution in [2.24, 2.45) is 0 Å². The van der Waals surface area contributed by atoms with Gasteiger partial charge in [-0.05, 0) is 42.0 Å². The molecular formula is C25H23F4NO7S. The number of hydrogen-bond acceptors (Lipinski definition) is 7. The summed E-state index contributed by atoms with van der Waals surface area (Å²) in [6, 6.07) is 9.40. The topological polar surface area (TPSA) is 92.3 Å². The number of benzene rings is 3. The molecule has 3 aromatic carbocycles. The highest BCUT2D eigenvalue weighted by atomic mass is 32.2. The van der Waals surface area contributed by atoms with E-state index in [0.29, 0.717) is 28.9 Å². The smallest absolute Gasteiger partial charge is 0.493 e. The molecule has 0 aliphatic rings. The summed E-state index contributed by atoms with van der Waals surface area (Å²) < 4.78 is 105. The zero-order valence-electron chi connectivity index (χ0n) is 20.6. The first kappa shape index (κ1) is 28.4. The Kier molecular flexibility index (Phi) is 8.61. The van der Waals surface area contributed by atoms with Gasteiger partial charge in [-0.2, -0.15) is 0 Å². The molecule has 0 aliphatic heterocycles. The molecular weight excluding hydrogens is 534 g/mol. The van der Waals surface area contributed by atoms with Crippen LogP contribution < -0.4 is 28.4 Å². The van der Waals surface area contributed by atoms with Crippen LogP contribution in [0.4, 0.5) is 23.2 Å². The van der Waals surface area contributed by atoms with Gasteiger partial charge in [-0.25, -0.2) is 12.8 Å². The molecule has 0 saturated carbocycles. The molecule has 0 radical (unpaired) electrons. The molecule has 38 heavy (non-hydrogen) atoms. The third kappa shape index (κ3) is 6.59. The minimum atomic E-state index is -5.02. The van der Waals surface area contributed by atoms with Crippen molar-refractivity contribution >= 4 is 27.9 Å². The van der Waals surface area contributed by atoms with Gasteiger partial charge in [-0.3, -0.25) is 4.72 Å². The molecule has 0 saturated heterocycles. The largest absolute Gasteiger partial charge is 0.573 e. The summed E-state index contributed by atoms with van der Waals surface area (Å²) >= 11 is 0. The van der Waals surface area contributed by atoms with Crippen molar-refractivity contribution in [2.75, 3.05) is 33.2 Å². The summed E-state index contributed by atoms with van der Waals surface area (Å²) in [5, 5.41) is 0. The van der Waals surface area contributed by atoms with E-state index in [1.807, 2.05) is 0 Å². The number of anilines is 1. The lowest BCUT2D eigenvalue weighted by Crippen LogP contribution is -2.18. The van der Waals surface area contributed by atoms with Crippen LogP contribution >= 0.6 is 0 Å². The molecule has 0 amide bonds. The third-order valence-corrected chi connectivity index (χ3v) is 6.42. The molecule has 0 bridgehead atoms. The van der Waals surface area contributed by atoms with Crippen molar-refractivity contribution in [3.8, 4) is 28.7 Å². The maximum Gasteiger partial charge on any atom is 0.573 e. The first-order chi connectivity index (χ1) is 17.9. The van der Waals surface area contributed by atoms with Crippen LogP contribution in [0.3, 0.4) is 0 Å². The van der Waals surface area contributed by atoms with Crippen LogP contribution in [0, 0.1) is 5.82 Å². The van der Waals surface area contributed by atoms with Gasteiger partial charge in [0.15, 0.2) is 23.1 Å². The van der Waals surface area contributed by atoms with Gasteiger partial charge in [0.25, 0.3) is 10.0 Å². The lowest BCUT2D eigenvalue weighted by atomic mass is 10.1. The number of alkyl halides is 3. The predicted octanol–water partition coefficient (Wildman–Crippen LogP) is 5.73. The molecule has 0 fully saturated rings. The highest BCUT2D eigenvalue weighted by Gasteiger charge is 2.31. The van der Waals surface area contributed by atoms with Gasteiger partial charge in [0, 0.05) is 11.6 Å². The summed E-state index contributed by atoms with van der Waals surface area (Å²) in [5.74, 6) is -0.947. The summed E-state index contributed by atoms with van der Waals surface area (Å²) in [6.07, 6.45) is -1.97. The van der Waals surface area contributed by atoms with Crippen LogP contribution in [0.5, 0.6) is 28.7 Å². The molecule has 0 aromatic heterocycles. The van der Waals surface area contributed by atoms with E-state index >= 15 is 0 Å². The molecule has 0 spiro atoms. The molecule has 0 aliphatic carbocycles. The van der Waals surface area contributed by atoms with Gasteiger partial charge < -0.3 is 23.7 Å². The maximum atomic E-state index is 14.5. The Morgan fingerprint density at radius 2 is 1.45 bits per heavy atom. The summed E-state index contributed by atoms with van der Waals surface area (Å²) in [6.45, 7) is 0. The van der Waals surface area contributed by atoms with E-state index in [4.69, 9.17) is 18.9 Å². The van der Waals surface area contributed by atoms with Crippen LogP contribution in [0.25, 0.3) is 12.2 Å². The highest BCUT2D eigenvalue weighted by Crippen LogP contribution is 2.39. The van der Waals surface area contributed by atoms with Crippen molar-refractivity contribution in [2.45, 2.75) is 11.3 Å². The Bertz CT molecular complexity index is 1420. The van der Waals surface area contributed by atoms with Crippen molar-refractivity contribution < 1.29 is 49.7 Å². The number of sulfonamides is 1. The second-order valence-corrected chi connectivity index (χ2v) is 9.15. The average Bonchev–Trinajstić information content (AvgIpc) is 2.86. The zero-order valence-corrected chi connectivity index (χ0v) is 21.4. The first-order valence-corrected chi connectivity index (χ1v) is 12.1. The molecule has 3 rings (SSSR count). The second kappa shape index (κ2) is 11.5. The van der Waals surface area contributed by atoms with Crippen LogP contribution in [-0.4, -0.2) is 43.2 Å². The van der Waals surface area contributed by atoms with Crippen LogP contribution in [0.1, 0.15) is 11.1 Å². The fraction of sp³-hybridized carbons (Fsp3) is 0.200. The SMILES string of the molecule is COc1cc(/C=C\c2ccc(F)c(OC)c2NS(=O)(=O)c2cccc(OC(F)(F)F)c2)cc(OC)c1OC. The quantitative estimate of drug-likeness (QED) is 0.251. The summed E-state index contributed by atoms with van der Waals surface area (Å²) in [4.78, 5) is -0.551. The molecule has 8 nitrogen and oxygen atoms in total. The molecule has 204 valence electrons. The van der Waals surface area contributed by atoms with Crippen molar-refractivity contribution in [1.82, 2.24) is 0 Å². The lowest BCUT2D eigenvalue weighted by Gasteiger charge is -2.16. The third-order valence-electron chi connectivity index (χ3n) is 5.07. The van der Waals surface area contributed by atoms with E-state index in [2.05, 4.69) is 9.46 Å². The van der Waals surface area contributed by atoms with Crippen molar-refractivity contribution in [1.29, 1.82) is 0 Å². The zero-order chi connectivity index (χ0) is 28.1. The van der Waals surface area contributed by atoms with Crippen molar-refractivity contribution in [3.63, 3.8) is 0 Å². The van der Waals surface area contributed by atoms with Crippen LogP contribution in [0.15, 0.2) is 53.4 Å². The summed E-state index contributed by atoms with van der Waals surface area (Å²) in [5.41, 5.74) is 0.468. The van der Waals surface area contributed by atoms with Gasteiger partial charge >= 0.3 is 6.36 Å². The Morgan fingerprint density at radius 1 is 0.816 bits per heavy atom. The van der Waals surface area contributed by atoms with Gasteiger partial charge in [-0.15, -0.1) is 13.2 Å². The molecule has 1 N–H and O–H groups in total. The van der Waals surface area contributed by atoms with Gasteiger partial charge in [0.2, 0.25) is 5.75 Å². The lowest BCUT2D eigenvalue weighted by molar-refractivity contribution is -0.274. The highest BCUT2D eigenvalue weighted by molar-refractivity contribution is 7.92. The molecule has 13 heteroatoms. The molecule has 0 heterocycles. The number of hydrogen-bond donors (Lipinski definition) is 1. The Labute approximate surface area is 216 Å². The number of ether oxygens (including phenoxy) is 5. The monoisotopic (exact) mass is 557 g/mol. The van der Waals surface area contributed by atoms with E-state index in [9.17, 15) is 26.0 Å². The van der Waals surface area contributed by atoms with E-state index in [0.717, 1.165) is 31.4 Å². The molecule has 0 unspecified atom stereocenters. The standard InChI is InChI=1S/C25H23F4NO7S/c1-33-20-12-15(13-21(34-2)24(20)36-4)8-9-16-10-11-19(26)23(35-3)22(16)30-38(31,32)18-7-5-6-17(14-18)37-25(27,28)29/h5-14,30H,1-4H3/b9-8-. The van der Waals surface area contributed by atoms with Crippen LogP contribution in [0.2, 0.25) is 0 Å². The minimum absolute atomic E-state index is 0.184. The van der Waals surface area contributed by atoms with E-state index < -0.39 is 38.6 Å².